The molecule has 2 aromatic rings. The molecule has 0 aliphatic heterocycles. The van der Waals surface area contributed by atoms with Crippen molar-refractivity contribution in [1.29, 1.82) is 0 Å². The van der Waals surface area contributed by atoms with Crippen molar-refractivity contribution in [1.82, 2.24) is 20.1 Å². The minimum absolute atomic E-state index is 0.0125. The van der Waals surface area contributed by atoms with E-state index in [0.29, 0.717) is 34.6 Å². The Morgan fingerprint density at radius 2 is 2.29 bits per heavy atom. The molecule has 0 saturated heterocycles. The van der Waals surface area contributed by atoms with Crippen LogP contribution in [-0.2, 0) is 6.42 Å². The summed E-state index contributed by atoms with van der Waals surface area (Å²) in [6, 6.07) is 0. The van der Waals surface area contributed by atoms with E-state index in [9.17, 15) is 10.0 Å². The third-order valence-corrected chi connectivity index (χ3v) is 4.64. The highest BCUT2D eigenvalue weighted by Crippen LogP contribution is 2.57. The van der Waals surface area contributed by atoms with Gasteiger partial charge in [-0.05, 0) is 24.2 Å². The zero-order valence-electron chi connectivity index (χ0n) is 14.1. The van der Waals surface area contributed by atoms with E-state index in [1.54, 1.807) is 4.68 Å². The number of nitrogens with zero attached hydrogens (tertiary/aromatic N) is 4. The Morgan fingerprint density at radius 1 is 1.50 bits per heavy atom. The van der Waals surface area contributed by atoms with Gasteiger partial charge in [-0.25, -0.2) is 9.67 Å². The largest absolute Gasteiger partial charge is 0.619 e. The maximum Gasteiger partial charge on any atom is 0.272 e. The van der Waals surface area contributed by atoms with Crippen LogP contribution in [0.1, 0.15) is 54.9 Å². The second-order valence-electron chi connectivity index (χ2n) is 7.95. The molecule has 1 saturated carbocycles. The molecule has 1 N–H and O–H groups in total. The van der Waals surface area contributed by atoms with Crippen molar-refractivity contribution >= 4 is 5.91 Å². The van der Waals surface area contributed by atoms with Gasteiger partial charge in [-0.2, -0.15) is 9.83 Å². The average molecular weight is 327 g/mol. The first kappa shape index (κ1) is 15.1. The summed E-state index contributed by atoms with van der Waals surface area (Å²) in [6.07, 6.45) is 6.20. The van der Waals surface area contributed by atoms with Crippen molar-refractivity contribution in [2.24, 2.45) is 11.3 Å². The number of hydrogen-bond donors (Lipinski definition) is 1. The summed E-state index contributed by atoms with van der Waals surface area (Å²) >= 11 is 0. The fraction of sp³-hybridized carbons (Fsp3) is 0.529. The molecule has 7 heteroatoms. The predicted octanol–water partition coefficient (Wildman–Crippen LogP) is 1.34. The van der Waals surface area contributed by atoms with Gasteiger partial charge in [0.2, 0.25) is 12.0 Å². The van der Waals surface area contributed by atoms with Gasteiger partial charge in [0.15, 0.2) is 11.9 Å². The number of hydrogen-bond acceptors (Lipinski definition) is 4. The number of fused-ring (bicyclic) bond motifs is 3. The molecule has 0 aromatic carbocycles. The maximum atomic E-state index is 12.6. The number of carbonyl (C=O) groups is 1. The zero-order valence-corrected chi connectivity index (χ0v) is 14.1. The molecule has 2 aliphatic rings. The minimum atomic E-state index is -0.146. The Labute approximate surface area is 140 Å². The summed E-state index contributed by atoms with van der Waals surface area (Å²) in [6.45, 7) is 6.82. The van der Waals surface area contributed by atoms with E-state index < -0.39 is 0 Å². The van der Waals surface area contributed by atoms with Crippen LogP contribution in [0.3, 0.4) is 0 Å². The molecule has 2 aliphatic carbocycles. The van der Waals surface area contributed by atoms with Crippen LogP contribution in [-0.4, -0.2) is 27.2 Å². The number of nitrogens with one attached hydrogen (secondary N) is 1. The highest BCUT2D eigenvalue weighted by atomic mass is 16.5. The zero-order chi connectivity index (χ0) is 17.1. The van der Waals surface area contributed by atoms with Gasteiger partial charge in [-0.3, -0.25) is 4.79 Å². The van der Waals surface area contributed by atoms with E-state index in [1.165, 1.54) is 18.6 Å². The molecular formula is C17H21N5O2. The normalized spacial score (nSPS) is 21.3. The van der Waals surface area contributed by atoms with E-state index in [1.807, 2.05) is 0 Å². The fourth-order valence-electron chi connectivity index (χ4n) is 3.38. The topological polar surface area (TPSA) is 86.8 Å². The Hall–Kier alpha value is -2.44. The lowest BCUT2D eigenvalue weighted by molar-refractivity contribution is -0.605. The number of carbonyl (C=O) groups excluding carboxylic acids is 1. The summed E-state index contributed by atoms with van der Waals surface area (Å²) in [5.41, 5.74) is 2.56. The van der Waals surface area contributed by atoms with Crippen LogP contribution >= 0.6 is 0 Å². The first-order chi connectivity index (χ1) is 11.3. The summed E-state index contributed by atoms with van der Waals surface area (Å²) in [5.74, 6) is 1.37. The van der Waals surface area contributed by atoms with Crippen LogP contribution in [0.5, 0.6) is 0 Å². The van der Waals surface area contributed by atoms with E-state index >= 15 is 0 Å². The molecular weight excluding hydrogens is 306 g/mol. The molecule has 0 radical (unpaired) electrons. The van der Waals surface area contributed by atoms with Gasteiger partial charge in [0, 0.05) is 18.0 Å². The van der Waals surface area contributed by atoms with Crippen molar-refractivity contribution in [2.75, 3.05) is 6.54 Å². The van der Waals surface area contributed by atoms with Crippen LogP contribution in [0, 0.1) is 16.5 Å². The molecule has 2 atom stereocenters. The second kappa shape index (κ2) is 5.03. The maximum absolute atomic E-state index is 12.6. The summed E-state index contributed by atoms with van der Waals surface area (Å²) < 4.78 is 2.39. The monoisotopic (exact) mass is 327 g/mol. The summed E-state index contributed by atoms with van der Waals surface area (Å²) in [7, 11) is 0. The Kier molecular flexibility index (Phi) is 3.16. The van der Waals surface area contributed by atoms with Crippen molar-refractivity contribution in [2.45, 2.75) is 39.5 Å². The molecule has 1 amide bonds. The van der Waals surface area contributed by atoms with Crippen LogP contribution < -0.4 is 10.0 Å². The van der Waals surface area contributed by atoms with E-state index in [4.69, 9.17) is 0 Å². The first-order valence-corrected chi connectivity index (χ1v) is 8.29. The average Bonchev–Trinajstić information content (AvgIpc) is 3.01. The van der Waals surface area contributed by atoms with Gasteiger partial charge in [0.1, 0.15) is 0 Å². The van der Waals surface area contributed by atoms with Crippen molar-refractivity contribution in [3.05, 3.63) is 40.7 Å². The van der Waals surface area contributed by atoms with Gasteiger partial charge in [0.25, 0.3) is 5.91 Å². The smallest absolute Gasteiger partial charge is 0.272 e. The van der Waals surface area contributed by atoms with E-state index in [0.717, 1.165) is 24.1 Å². The molecule has 126 valence electrons. The van der Waals surface area contributed by atoms with Gasteiger partial charge in [-0.15, -0.1) is 0 Å². The molecule has 0 spiro atoms. The number of rotatable bonds is 3. The molecule has 0 bridgehead atoms. The minimum Gasteiger partial charge on any atom is -0.619 e. The molecule has 24 heavy (non-hydrogen) atoms. The molecule has 1 fully saturated rings. The number of amides is 1. The van der Waals surface area contributed by atoms with Crippen molar-refractivity contribution < 1.29 is 9.52 Å². The van der Waals surface area contributed by atoms with Gasteiger partial charge < -0.3 is 10.5 Å². The van der Waals surface area contributed by atoms with Gasteiger partial charge >= 0.3 is 0 Å². The van der Waals surface area contributed by atoms with Crippen LogP contribution in [0.2, 0.25) is 0 Å². The Bertz CT molecular complexity index is 821. The lowest BCUT2D eigenvalue weighted by Gasteiger charge is -2.18. The molecule has 7 nitrogen and oxygen atoms in total. The Morgan fingerprint density at radius 3 is 3.00 bits per heavy atom. The Balaban J connectivity index is 1.71. The lowest BCUT2D eigenvalue weighted by atomic mass is 9.97. The molecule has 4 rings (SSSR count). The van der Waals surface area contributed by atoms with E-state index in [2.05, 4.69) is 36.2 Å². The van der Waals surface area contributed by atoms with Crippen LogP contribution in [0.4, 0.5) is 0 Å². The van der Waals surface area contributed by atoms with Gasteiger partial charge in [-0.1, -0.05) is 20.8 Å². The lowest BCUT2D eigenvalue weighted by Crippen LogP contribution is -2.33. The molecule has 2 aromatic heterocycles. The first-order valence-electron chi connectivity index (χ1n) is 8.29. The fourth-order valence-corrected chi connectivity index (χ4v) is 3.38. The highest BCUT2D eigenvalue weighted by molar-refractivity contribution is 5.94. The van der Waals surface area contributed by atoms with Crippen LogP contribution in [0.15, 0.2) is 18.6 Å². The van der Waals surface area contributed by atoms with Crippen molar-refractivity contribution in [3.8, 4) is 5.82 Å². The third kappa shape index (κ3) is 2.53. The van der Waals surface area contributed by atoms with E-state index in [-0.39, 0.29) is 11.3 Å². The highest BCUT2D eigenvalue weighted by Gasteiger charge is 2.50. The van der Waals surface area contributed by atoms with Crippen LogP contribution in [0.25, 0.3) is 5.82 Å². The predicted molar refractivity (Wildman–Crippen MR) is 86.7 cm³/mol. The second-order valence-corrected chi connectivity index (χ2v) is 7.95. The van der Waals surface area contributed by atoms with Gasteiger partial charge in [0.05, 0.1) is 11.9 Å². The summed E-state index contributed by atoms with van der Waals surface area (Å²) in [5, 5.41) is 19.0. The van der Waals surface area contributed by atoms with Crippen molar-refractivity contribution in [3.63, 3.8) is 0 Å². The summed E-state index contributed by atoms with van der Waals surface area (Å²) in [4.78, 5) is 16.9. The number of aromatic nitrogens is 4. The molecule has 0 unspecified atom stereocenters. The molecule has 2 heterocycles. The third-order valence-electron chi connectivity index (χ3n) is 4.64. The quantitative estimate of drug-likeness (QED) is 0.681. The SMILES string of the molecule is CC(C)(C)CNC(=O)c1nn(-c2c[n+]([O-])ccn2)c2c1C[C@@H]1C[C@H]21. The standard InChI is InChI=1S/C17H21N5O2/c1-17(2,3)9-19-16(23)14-12-7-10-6-11(10)15(12)22(20-14)13-8-21(24)5-4-18-13/h4-5,8,10-11H,6-7,9H2,1-3H3,(H,19,23)/t10-,11-/m0/s1.